The number of anilines is 3. The topological polar surface area (TPSA) is 81.7 Å². The Kier molecular flexibility index (Phi) is 3.08. The average molecular weight is 304 g/mol. The first-order chi connectivity index (χ1) is 11.3. The summed E-state index contributed by atoms with van der Waals surface area (Å²) in [5.41, 5.74) is 7.77. The molecule has 4 rings (SSSR count). The van der Waals surface area contributed by atoms with Crippen LogP contribution in [0.1, 0.15) is 6.92 Å². The number of nitrogens with one attached hydrogen (secondary N) is 1. The van der Waals surface area contributed by atoms with Crippen LogP contribution in [0.3, 0.4) is 0 Å². The molecule has 0 aliphatic heterocycles. The van der Waals surface area contributed by atoms with Gasteiger partial charge in [0, 0.05) is 17.6 Å². The molecule has 0 atom stereocenters. The van der Waals surface area contributed by atoms with Crippen molar-refractivity contribution in [2.45, 2.75) is 13.5 Å². The Morgan fingerprint density at radius 3 is 2.78 bits per heavy atom. The van der Waals surface area contributed by atoms with Crippen LogP contribution in [0.25, 0.3) is 21.8 Å². The van der Waals surface area contributed by atoms with Crippen molar-refractivity contribution in [3.8, 4) is 0 Å². The lowest BCUT2D eigenvalue weighted by Gasteiger charge is -2.08. The molecule has 0 bridgehead atoms. The SMILES string of the molecule is CCn1nc(Nc2cccc3ccccc23)c2c(N)ncnc21. The van der Waals surface area contributed by atoms with Crippen molar-refractivity contribution >= 4 is 39.1 Å². The van der Waals surface area contributed by atoms with Gasteiger partial charge in [-0.15, -0.1) is 0 Å². The van der Waals surface area contributed by atoms with E-state index in [0.29, 0.717) is 18.2 Å². The maximum atomic E-state index is 6.05. The molecule has 0 aliphatic rings. The third-order valence-electron chi connectivity index (χ3n) is 3.90. The van der Waals surface area contributed by atoms with E-state index in [-0.39, 0.29) is 0 Å². The van der Waals surface area contributed by atoms with Gasteiger partial charge in [0.1, 0.15) is 17.5 Å². The van der Waals surface area contributed by atoms with Crippen molar-refractivity contribution in [3.05, 3.63) is 48.8 Å². The molecule has 4 aromatic rings. The maximum Gasteiger partial charge on any atom is 0.165 e. The highest BCUT2D eigenvalue weighted by atomic mass is 15.3. The molecule has 0 amide bonds. The number of benzene rings is 2. The van der Waals surface area contributed by atoms with E-state index in [0.717, 1.165) is 22.1 Å². The third-order valence-corrected chi connectivity index (χ3v) is 3.90. The number of fused-ring (bicyclic) bond motifs is 2. The second-order valence-corrected chi connectivity index (χ2v) is 5.27. The van der Waals surface area contributed by atoms with E-state index in [1.165, 1.54) is 11.7 Å². The predicted molar refractivity (Wildman–Crippen MR) is 92.6 cm³/mol. The minimum Gasteiger partial charge on any atom is -0.383 e. The Hall–Kier alpha value is -3.15. The Labute approximate surface area is 133 Å². The molecular formula is C17H16N6. The van der Waals surface area contributed by atoms with Crippen LogP contribution in [0.5, 0.6) is 0 Å². The largest absolute Gasteiger partial charge is 0.383 e. The van der Waals surface area contributed by atoms with Gasteiger partial charge in [0.25, 0.3) is 0 Å². The Bertz CT molecular complexity index is 999. The monoisotopic (exact) mass is 304 g/mol. The molecule has 2 heterocycles. The van der Waals surface area contributed by atoms with E-state index in [4.69, 9.17) is 5.73 Å². The summed E-state index contributed by atoms with van der Waals surface area (Å²) in [6, 6.07) is 14.3. The molecule has 3 N–H and O–H groups in total. The lowest BCUT2D eigenvalue weighted by atomic mass is 10.1. The normalized spacial score (nSPS) is 11.2. The van der Waals surface area contributed by atoms with Crippen molar-refractivity contribution in [2.75, 3.05) is 11.1 Å². The predicted octanol–water partition coefficient (Wildman–Crippen LogP) is 3.33. The zero-order chi connectivity index (χ0) is 15.8. The zero-order valence-corrected chi connectivity index (χ0v) is 12.7. The number of aryl methyl sites for hydroxylation is 1. The van der Waals surface area contributed by atoms with Gasteiger partial charge in [0.2, 0.25) is 0 Å². The smallest absolute Gasteiger partial charge is 0.165 e. The summed E-state index contributed by atoms with van der Waals surface area (Å²) < 4.78 is 1.82. The number of rotatable bonds is 3. The minimum atomic E-state index is 0.428. The van der Waals surface area contributed by atoms with E-state index in [9.17, 15) is 0 Å². The highest BCUT2D eigenvalue weighted by molar-refractivity contribution is 6.01. The minimum absolute atomic E-state index is 0.428. The van der Waals surface area contributed by atoms with Gasteiger partial charge in [0.05, 0.1) is 0 Å². The van der Waals surface area contributed by atoms with E-state index >= 15 is 0 Å². The fourth-order valence-electron chi connectivity index (χ4n) is 2.80. The number of nitrogens with two attached hydrogens (primary N) is 1. The summed E-state index contributed by atoms with van der Waals surface area (Å²) in [6.45, 7) is 2.73. The van der Waals surface area contributed by atoms with Crippen LogP contribution in [0.4, 0.5) is 17.3 Å². The number of hydrogen-bond donors (Lipinski definition) is 2. The van der Waals surface area contributed by atoms with E-state index < -0.39 is 0 Å². The molecule has 0 unspecified atom stereocenters. The Balaban J connectivity index is 1.90. The van der Waals surface area contributed by atoms with Crippen LogP contribution in [0.2, 0.25) is 0 Å². The first kappa shape index (κ1) is 13.5. The fourth-order valence-corrected chi connectivity index (χ4v) is 2.80. The zero-order valence-electron chi connectivity index (χ0n) is 12.7. The molecule has 0 saturated heterocycles. The summed E-state index contributed by atoms with van der Waals surface area (Å²) in [5, 5.41) is 11.0. The first-order valence-corrected chi connectivity index (χ1v) is 7.49. The molecule has 114 valence electrons. The summed E-state index contributed by atoms with van der Waals surface area (Å²) >= 11 is 0. The Morgan fingerprint density at radius 1 is 1.09 bits per heavy atom. The highest BCUT2D eigenvalue weighted by Gasteiger charge is 2.15. The van der Waals surface area contributed by atoms with Crippen molar-refractivity contribution in [2.24, 2.45) is 0 Å². The van der Waals surface area contributed by atoms with Crippen LogP contribution in [-0.2, 0) is 6.54 Å². The molecule has 0 radical (unpaired) electrons. The number of nitrogens with zero attached hydrogens (tertiary/aromatic N) is 4. The molecule has 0 saturated carbocycles. The lowest BCUT2D eigenvalue weighted by molar-refractivity contribution is 0.679. The standard InChI is InChI=1S/C17H16N6/c1-2-23-17-14(15(18)19-10-20-17)16(22-23)21-13-9-5-7-11-6-3-4-8-12(11)13/h3-10H,2H2,1H3,(H,21,22)(H2,18,19,20). The van der Waals surface area contributed by atoms with Crippen molar-refractivity contribution in [1.82, 2.24) is 19.7 Å². The van der Waals surface area contributed by atoms with Gasteiger partial charge in [-0.3, -0.25) is 0 Å². The first-order valence-electron chi connectivity index (χ1n) is 7.49. The fraction of sp³-hybridized carbons (Fsp3) is 0.118. The van der Waals surface area contributed by atoms with Crippen LogP contribution in [0.15, 0.2) is 48.8 Å². The van der Waals surface area contributed by atoms with Crippen LogP contribution in [-0.4, -0.2) is 19.7 Å². The summed E-state index contributed by atoms with van der Waals surface area (Å²) in [5.74, 6) is 1.11. The maximum absolute atomic E-state index is 6.05. The van der Waals surface area contributed by atoms with E-state index in [1.807, 2.05) is 35.9 Å². The number of hydrogen-bond acceptors (Lipinski definition) is 5. The van der Waals surface area contributed by atoms with Crippen LogP contribution < -0.4 is 11.1 Å². The van der Waals surface area contributed by atoms with Gasteiger partial charge in [-0.05, 0) is 18.4 Å². The average Bonchev–Trinajstić information content (AvgIpc) is 2.94. The molecule has 6 nitrogen and oxygen atoms in total. The molecule has 23 heavy (non-hydrogen) atoms. The van der Waals surface area contributed by atoms with Crippen LogP contribution in [0, 0.1) is 0 Å². The molecule has 0 spiro atoms. The van der Waals surface area contributed by atoms with Crippen molar-refractivity contribution in [3.63, 3.8) is 0 Å². The number of nitrogen functional groups attached to an aromatic ring is 1. The third kappa shape index (κ3) is 2.15. The van der Waals surface area contributed by atoms with E-state index in [2.05, 4.69) is 38.6 Å². The summed E-state index contributed by atoms with van der Waals surface area (Å²) in [4.78, 5) is 8.40. The lowest BCUT2D eigenvalue weighted by Crippen LogP contribution is -1.99. The van der Waals surface area contributed by atoms with Crippen LogP contribution >= 0.6 is 0 Å². The van der Waals surface area contributed by atoms with E-state index in [1.54, 1.807) is 0 Å². The number of aromatic nitrogens is 4. The van der Waals surface area contributed by atoms with Crippen molar-refractivity contribution < 1.29 is 0 Å². The Morgan fingerprint density at radius 2 is 1.91 bits per heavy atom. The second kappa shape index (κ2) is 5.24. The molecule has 6 heteroatoms. The highest BCUT2D eigenvalue weighted by Crippen LogP contribution is 2.31. The molecule has 0 fully saturated rings. The van der Waals surface area contributed by atoms with Gasteiger partial charge in [-0.1, -0.05) is 36.4 Å². The van der Waals surface area contributed by atoms with Crippen molar-refractivity contribution in [1.29, 1.82) is 0 Å². The summed E-state index contributed by atoms with van der Waals surface area (Å²) in [7, 11) is 0. The molecular weight excluding hydrogens is 288 g/mol. The van der Waals surface area contributed by atoms with Gasteiger partial charge in [-0.25, -0.2) is 14.6 Å². The quantitative estimate of drug-likeness (QED) is 0.606. The summed E-state index contributed by atoms with van der Waals surface area (Å²) in [6.07, 6.45) is 1.47. The molecule has 2 aromatic heterocycles. The molecule has 0 aliphatic carbocycles. The van der Waals surface area contributed by atoms with Gasteiger partial charge >= 0.3 is 0 Å². The second-order valence-electron chi connectivity index (χ2n) is 5.27. The van der Waals surface area contributed by atoms with Gasteiger partial charge in [0.15, 0.2) is 11.5 Å². The van der Waals surface area contributed by atoms with Gasteiger partial charge in [-0.2, -0.15) is 5.10 Å². The van der Waals surface area contributed by atoms with Gasteiger partial charge < -0.3 is 11.1 Å². The molecule has 2 aromatic carbocycles.